The number of hydrogen-bond acceptors (Lipinski definition) is 5. The van der Waals surface area contributed by atoms with Crippen molar-refractivity contribution >= 4 is 17.2 Å². The van der Waals surface area contributed by atoms with Gasteiger partial charge in [-0.25, -0.2) is 4.98 Å². The summed E-state index contributed by atoms with van der Waals surface area (Å²) in [7, 11) is 1.63. The Balaban J connectivity index is 1.62. The predicted molar refractivity (Wildman–Crippen MR) is 111 cm³/mol. The summed E-state index contributed by atoms with van der Waals surface area (Å²) in [5, 5.41) is 6.03. The van der Waals surface area contributed by atoms with Gasteiger partial charge in [0.15, 0.2) is 0 Å². The molecule has 1 aromatic heterocycles. The quantitative estimate of drug-likeness (QED) is 0.621. The van der Waals surface area contributed by atoms with Crippen LogP contribution in [0.2, 0.25) is 0 Å². The highest BCUT2D eigenvalue weighted by Crippen LogP contribution is 2.26. The fraction of sp³-hybridized carbons (Fsp3) is 0.273. The Labute approximate surface area is 169 Å². The van der Waals surface area contributed by atoms with Crippen molar-refractivity contribution < 1.29 is 14.3 Å². The highest BCUT2D eigenvalue weighted by atomic mass is 32.1. The molecule has 0 radical (unpaired) electrons. The van der Waals surface area contributed by atoms with E-state index in [-0.39, 0.29) is 11.9 Å². The van der Waals surface area contributed by atoms with Gasteiger partial charge in [0, 0.05) is 16.5 Å². The Morgan fingerprint density at radius 1 is 1.18 bits per heavy atom. The van der Waals surface area contributed by atoms with Crippen molar-refractivity contribution in [1.82, 2.24) is 10.3 Å². The van der Waals surface area contributed by atoms with E-state index in [1.807, 2.05) is 44.4 Å². The van der Waals surface area contributed by atoms with Crippen LogP contribution < -0.4 is 14.8 Å². The zero-order chi connectivity index (χ0) is 20.1. The van der Waals surface area contributed by atoms with Crippen LogP contribution in [-0.4, -0.2) is 18.0 Å². The second-order valence-electron chi connectivity index (χ2n) is 6.61. The fourth-order valence-corrected chi connectivity index (χ4v) is 3.48. The van der Waals surface area contributed by atoms with Crippen LogP contribution in [0.15, 0.2) is 47.8 Å². The summed E-state index contributed by atoms with van der Waals surface area (Å²) >= 11 is 1.60. The first-order valence-corrected chi connectivity index (χ1v) is 9.93. The molecular formula is C22H24N2O3S. The first-order valence-electron chi connectivity index (χ1n) is 9.05. The minimum absolute atomic E-state index is 0.141. The number of benzene rings is 2. The van der Waals surface area contributed by atoms with Crippen molar-refractivity contribution in [2.75, 3.05) is 7.11 Å². The molecule has 146 valence electrons. The molecule has 0 aliphatic heterocycles. The molecule has 1 atom stereocenters. The van der Waals surface area contributed by atoms with Crippen molar-refractivity contribution in [2.24, 2.45) is 0 Å². The summed E-state index contributed by atoms with van der Waals surface area (Å²) in [4.78, 5) is 17.0. The minimum atomic E-state index is -0.175. The third kappa shape index (κ3) is 4.89. The number of aromatic nitrogens is 1. The molecule has 0 aliphatic rings. The Hall–Kier alpha value is -2.86. The van der Waals surface area contributed by atoms with E-state index < -0.39 is 0 Å². The molecule has 5 nitrogen and oxygen atoms in total. The van der Waals surface area contributed by atoms with Crippen LogP contribution in [0.5, 0.6) is 11.5 Å². The van der Waals surface area contributed by atoms with Crippen molar-refractivity contribution in [3.63, 3.8) is 0 Å². The lowest BCUT2D eigenvalue weighted by atomic mass is 10.0. The molecule has 0 saturated carbocycles. The van der Waals surface area contributed by atoms with E-state index in [4.69, 9.17) is 9.47 Å². The third-order valence-corrected chi connectivity index (χ3v) is 5.19. The van der Waals surface area contributed by atoms with Gasteiger partial charge in [-0.1, -0.05) is 17.7 Å². The van der Waals surface area contributed by atoms with Gasteiger partial charge in [0.1, 0.15) is 18.1 Å². The number of nitrogens with zero attached hydrogens (tertiary/aromatic N) is 1. The molecule has 0 spiro atoms. The van der Waals surface area contributed by atoms with Gasteiger partial charge in [-0.3, -0.25) is 4.79 Å². The second kappa shape index (κ2) is 8.89. The normalized spacial score (nSPS) is 11.7. The first-order chi connectivity index (χ1) is 13.5. The van der Waals surface area contributed by atoms with Gasteiger partial charge < -0.3 is 14.8 Å². The Bertz CT molecular complexity index is 951. The van der Waals surface area contributed by atoms with Crippen LogP contribution in [-0.2, 0) is 6.61 Å². The zero-order valence-corrected chi connectivity index (χ0v) is 17.3. The molecule has 0 aliphatic carbocycles. The van der Waals surface area contributed by atoms with E-state index >= 15 is 0 Å². The maximum absolute atomic E-state index is 12.6. The first kappa shape index (κ1) is 19.9. The van der Waals surface area contributed by atoms with Gasteiger partial charge in [0.2, 0.25) is 0 Å². The molecule has 6 heteroatoms. The molecule has 1 amide bonds. The van der Waals surface area contributed by atoms with E-state index in [0.717, 1.165) is 27.6 Å². The summed E-state index contributed by atoms with van der Waals surface area (Å²) in [6.07, 6.45) is 0. The molecule has 2 aromatic carbocycles. The largest absolute Gasteiger partial charge is 0.496 e. The highest BCUT2D eigenvalue weighted by molar-refractivity contribution is 7.09. The van der Waals surface area contributed by atoms with E-state index in [1.54, 1.807) is 42.7 Å². The molecule has 3 aromatic rings. The number of aryl methyl sites for hydroxylation is 2. The highest BCUT2D eigenvalue weighted by Gasteiger charge is 2.15. The average Bonchev–Trinajstić information content (AvgIpc) is 3.12. The number of amides is 1. The standard InChI is InChI=1S/C22H24N2O3S/c1-14-5-10-21(26-4)20(11-14)15(2)23-22(25)17-6-8-19(9-7-17)27-12-18-13-28-16(3)24-18/h5-11,13,15H,12H2,1-4H3,(H,23,25)/t15-/m0/s1. The zero-order valence-electron chi connectivity index (χ0n) is 16.5. The lowest BCUT2D eigenvalue weighted by Gasteiger charge is -2.18. The van der Waals surface area contributed by atoms with E-state index in [0.29, 0.717) is 17.9 Å². The van der Waals surface area contributed by atoms with Crippen molar-refractivity contribution in [3.05, 3.63) is 75.2 Å². The molecule has 0 fully saturated rings. The number of nitrogens with one attached hydrogen (secondary N) is 1. The molecule has 0 bridgehead atoms. The number of hydrogen-bond donors (Lipinski definition) is 1. The maximum Gasteiger partial charge on any atom is 0.251 e. The number of thiazole rings is 1. The molecule has 0 unspecified atom stereocenters. The molecule has 0 saturated heterocycles. The van der Waals surface area contributed by atoms with Crippen LogP contribution in [0.25, 0.3) is 0 Å². The summed E-state index contributed by atoms with van der Waals surface area (Å²) in [5.41, 5.74) is 3.56. The SMILES string of the molecule is COc1ccc(C)cc1[C@H](C)NC(=O)c1ccc(OCc2csc(C)n2)cc1. The van der Waals surface area contributed by atoms with Crippen LogP contribution in [0.3, 0.4) is 0 Å². The average molecular weight is 397 g/mol. The Morgan fingerprint density at radius 2 is 1.93 bits per heavy atom. The number of rotatable bonds is 7. The van der Waals surface area contributed by atoms with E-state index in [2.05, 4.69) is 10.3 Å². The molecule has 1 N–H and O–H groups in total. The smallest absolute Gasteiger partial charge is 0.251 e. The van der Waals surface area contributed by atoms with Gasteiger partial charge >= 0.3 is 0 Å². The second-order valence-corrected chi connectivity index (χ2v) is 7.67. The molecule has 3 rings (SSSR count). The van der Waals surface area contributed by atoms with Crippen LogP contribution >= 0.6 is 11.3 Å². The summed E-state index contributed by atoms with van der Waals surface area (Å²) < 4.78 is 11.1. The number of ether oxygens (including phenoxy) is 2. The lowest BCUT2D eigenvalue weighted by molar-refractivity contribution is 0.0939. The summed E-state index contributed by atoms with van der Waals surface area (Å²) in [5.74, 6) is 1.33. The van der Waals surface area contributed by atoms with Crippen LogP contribution in [0.4, 0.5) is 0 Å². The number of carbonyl (C=O) groups excluding carboxylic acids is 1. The van der Waals surface area contributed by atoms with Gasteiger partial charge in [0.25, 0.3) is 5.91 Å². The van der Waals surface area contributed by atoms with Crippen molar-refractivity contribution in [3.8, 4) is 11.5 Å². The fourth-order valence-electron chi connectivity index (χ4n) is 2.88. The Morgan fingerprint density at radius 3 is 2.57 bits per heavy atom. The number of carbonyl (C=O) groups is 1. The topological polar surface area (TPSA) is 60.5 Å². The summed E-state index contributed by atoms with van der Waals surface area (Å²) in [6, 6.07) is 12.9. The van der Waals surface area contributed by atoms with Crippen LogP contribution in [0.1, 0.15) is 45.2 Å². The monoisotopic (exact) mass is 396 g/mol. The van der Waals surface area contributed by atoms with Crippen molar-refractivity contribution in [1.29, 1.82) is 0 Å². The van der Waals surface area contributed by atoms with Crippen molar-refractivity contribution in [2.45, 2.75) is 33.4 Å². The van der Waals surface area contributed by atoms with Gasteiger partial charge in [0.05, 0.1) is 23.9 Å². The van der Waals surface area contributed by atoms with Gasteiger partial charge in [-0.05, 0) is 51.1 Å². The maximum atomic E-state index is 12.6. The lowest BCUT2D eigenvalue weighted by Crippen LogP contribution is -2.27. The molecule has 28 heavy (non-hydrogen) atoms. The third-order valence-electron chi connectivity index (χ3n) is 4.37. The Kier molecular flexibility index (Phi) is 6.31. The number of methoxy groups -OCH3 is 1. The van der Waals surface area contributed by atoms with Gasteiger partial charge in [-0.2, -0.15) is 0 Å². The van der Waals surface area contributed by atoms with Gasteiger partial charge in [-0.15, -0.1) is 11.3 Å². The van der Waals surface area contributed by atoms with E-state index in [9.17, 15) is 4.79 Å². The molecular weight excluding hydrogens is 372 g/mol. The predicted octanol–water partition coefficient (Wildman–Crippen LogP) is 4.84. The summed E-state index contributed by atoms with van der Waals surface area (Å²) in [6.45, 7) is 6.35. The van der Waals surface area contributed by atoms with E-state index in [1.165, 1.54) is 0 Å². The minimum Gasteiger partial charge on any atom is -0.496 e. The molecule has 1 heterocycles. The van der Waals surface area contributed by atoms with Crippen LogP contribution in [0, 0.1) is 13.8 Å².